The van der Waals surface area contributed by atoms with Crippen LogP contribution in [0.25, 0.3) is 22.2 Å². The fraction of sp³-hybridized carbons (Fsp3) is 0.227. The molecule has 2 aromatic carbocycles. The van der Waals surface area contributed by atoms with Crippen molar-refractivity contribution in [1.82, 2.24) is 10.3 Å². The fourth-order valence-electron chi connectivity index (χ4n) is 3.19. The molecule has 1 aromatic heterocycles. The third kappa shape index (κ3) is 4.31. The van der Waals surface area contributed by atoms with Crippen molar-refractivity contribution in [2.45, 2.75) is 27.2 Å². The molecule has 0 aliphatic carbocycles. The quantitative estimate of drug-likeness (QED) is 0.485. The van der Waals surface area contributed by atoms with Gasteiger partial charge in [-0.2, -0.15) is 0 Å². The Bertz CT molecular complexity index is 1020. The molecule has 27 heavy (non-hydrogen) atoms. The maximum atomic E-state index is 12.6. The molecule has 1 amide bonds. The van der Waals surface area contributed by atoms with E-state index in [-0.39, 0.29) is 11.4 Å². The van der Waals surface area contributed by atoms with Crippen molar-refractivity contribution < 1.29 is 4.79 Å². The third-order valence-corrected chi connectivity index (χ3v) is 4.22. The van der Waals surface area contributed by atoms with Gasteiger partial charge < -0.3 is 5.73 Å². The number of rotatable bonds is 3. The highest BCUT2D eigenvalue weighted by molar-refractivity contribution is 6.12. The fourth-order valence-corrected chi connectivity index (χ4v) is 3.19. The van der Waals surface area contributed by atoms with Crippen LogP contribution in [0.15, 0.2) is 54.6 Å². The van der Waals surface area contributed by atoms with E-state index in [1.807, 2.05) is 42.5 Å². The van der Waals surface area contributed by atoms with Crippen molar-refractivity contribution in [3.8, 4) is 11.3 Å². The minimum atomic E-state index is -0.407. The number of nitrogens with zero attached hydrogens (tertiary/aromatic N) is 1. The largest absolute Gasteiger partial charge is 0.370 e. The van der Waals surface area contributed by atoms with Crippen LogP contribution < -0.4 is 11.1 Å². The lowest BCUT2D eigenvalue weighted by molar-refractivity contribution is 0.0978. The maximum Gasteiger partial charge on any atom is 0.258 e. The first-order chi connectivity index (χ1) is 12.7. The molecule has 0 spiro atoms. The van der Waals surface area contributed by atoms with Crippen LogP contribution in [-0.2, 0) is 6.42 Å². The minimum Gasteiger partial charge on any atom is -0.370 e. The molecule has 0 bridgehead atoms. The lowest BCUT2D eigenvalue weighted by atomic mass is 9.85. The van der Waals surface area contributed by atoms with Crippen LogP contribution in [-0.4, -0.2) is 16.9 Å². The predicted octanol–water partition coefficient (Wildman–Crippen LogP) is 4.11. The van der Waals surface area contributed by atoms with E-state index >= 15 is 0 Å². The van der Waals surface area contributed by atoms with Gasteiger partial charge in [-0.3, -0.25) is 15.5 Å². The lowest BCUT2D eigenvalue weighted by Gasteiger charge is -2.20. The number of nitrogens with two attached hydrogens (primary N) is 1. The molecule has 4 N–H and O–H groups in total. The van der Waals surface area contributed by atoms with Crippen LogP contribution in [0.2, 0.25) is 0 Å². The number of pyridine rings is 1. The smallest absolute Gasteiger partial charge is 0.258 e. The van der Waals surface area contributed by atoms with E-state index in [4.69, 9.17) is 16.1 Å². The van der Waals surface area contributed by atoms with Gasteiger partial charge in [0.15, 0.2) is 5.96 Å². The van der Waals surface area contributed by atoms with Crippen molar-refractivity contribution in [3.05, 3.63) is 65.7 Å². The number of hydrogen-bond acceptors (Lipinski definition) is 3. The first-order valence-electron chi connectivity index (χ1n) is 8.88. The number of carbonyl (C=O) groups is 1. The van der Waals surface area contributed by atoms with E-state index in [0.717, 1.165) is 28.6 Å². The van der Waals surface area contributed by atoms with E-state index in [1.165, 1.54) is 5.56 Å². The minimum absolute atomic E-state index is 0.127. The van der Waals surface area contributed by atoms with Crippen molar-refractivity contribution in [2.24, 2.45) is 11.1 Å². The Morgan fingerprint density at radius 3 is 2.48 bits per heavy atom. The standard InChI is InChI=1S/C22H24N4O/c1-22(2,3)13-14-8-4-5-9-15(14)19-12-17(20(27)26-21(23)24)16-10-6-7-11-18(16)25-19/h4-12H,13H2,1-3H3,(H4,23,24,26,27). The van der Waals surface area contributed by atoms with Crippen LogP contribution in [0.1, 0.15) is 36.7 Å². The number of amides is 1. The molecule has 0 unspecified atom stereocenters. The molecule has 1 heterocycles. The third-order valence-electron chi connectivity index (χ3n) is 4.22. The Hall–Kier alpha value is -3.21. The molecule has 0 atom stereocenters. The number of benzene rings is 2. The highest BCUT2D eigenvalue weighted by Crippen LogP contribution is 2.31. The zero-order valence-electron chi connectivity index (χ0n) is 15.8. The summed E-state index contributed by atoms with van der Waals surface area (Å²) in [5.74, 6) is -0.786. The molecule has 0 aliphatic rings. The van der Waals surface area contributed by atoms with Crippen LogP contribution in [0, 0.1) is 10.8 Å². The van der Waals surface area contributed by atoms with E-state index in [1.54, 1.807) is 6.07 Å². The van der Waals surface area contributed by atoms with Gasteiger partial charge in [0.1, 0.15) is 0 Å². The summed E-state index contributed by atoms with van der Waals surface area (Å²) in [5, 5.41) is 10.5. The summed E-state index contributed by atoms with van der Waals surface area (Å²) < 4.78 is 0. The Morgan fingerprint density at radius 2 is 1.78 bits per heavy atom. The van der Waals surface area contributed by atoms with Gasteiger partial charge in [0.25, 0.3) is 5.91 Å². The second kappa shape index (κ2) is 7.19. The summed E-state index contributed by atoms with van der Waals surface area (Å²) in [5.41, 5.74) is 9.60. The summed E-state index contributed by atoms with van der Waals surface area (Å²) in [6.45, 7) is 6.59. The SMILES string of the molecule is CC(C)(C)Cc1ccccc1-c1cc(C(=O)NC(=N)N)c2ccccc2n1. The zero-order chi connectivity index (χ0) is 19.6. The van der Waals surface area contributed by atoms with Crippen LogP contribution in [0.4, 0.5) is 0 Å². The first-order valence-corrected chi connectivity index (χ1v) is 8.88. The van der Waals surface area contributed by atoms with Crippen molar-refractivity contribution >= 4 is 22.8 Å². The van der Waals surface area contributed by atoms with E-state index in [2.05, 4.69) is 32.2 Å². The summed E-state index contributed by atoms with van der Waals surface area (Å²) in [6.07, 6.45) is 0.895. The molecular weight excluding hydrogens is 336 g/mol. The monoisotopic (exact) mass is 360 g/mol. The van der Waals surface area contributed by atoms with E-state index in [0.29, 0.717) is 5.56 Å². The number of fused-ring (bicyclic) bond motifs is 1. The van der Waals surface area contributed by atoms with Gasteiger partial charge in [0, 0.05) is 10.9 Å². The number of carbonyl (C=O) groups excluding carboxylic acids is 1. The van der Waals surface area contributed by atoms with E-state index in [9.17, 15) is 4.79 Å². The zero-order valence-corrected chi connectivity index (χ0v) is 15.8. The van der Waals surface area contributed by atoms with Crippen LogP contribution in [0.5, 0.6) is 0 Å². The molecule has 0 saturated heterocycles. The van der Waals surface area contributed by atoms with Gasteiger partial charge in [-0.25, -0.2) is 4.98 Å². The molecule has 5 nitrogen and oxygen atoms in total. The highest BCUT2D eigenvalue weighted by Gasteiger charge is 2.18. The van der Waals surface area contributed by atoms with Crippen molar-refractivity contribution in [3.63, 3.8) is 0 Å². The predicted molar refractivity (Wildman–Crippen MR) is 110 cm³/mol. The Morgan fingerprint density at radius 1 is 1.11 bits per heavy atom. The molecule has 3 rings (SSSR count). The summed E-state index contributed by atoms with van der Waals surface area (Å²) >= 11 is 0. The number of para-hydroxylation sites is 1. The second-order valence-electron chi connectivity index (χ2n) is 7.83. The highest BCUT2D eigenvalue weighted by atomic mass is 16.1. The first kappa shape index (κ1) is 18.6. The van der Waals surface area contributed by atoms with Gasteiger partial charge >= 0.3 is 0 Å². The summed E-state index contributed by atoms with van der Waals surface area (Å²) in [7, 11) is 0. The average Bonchev–Trinajstić information content (AvgIpc) is 2.59. The number of guanidine groups is 1. The molecule has 3 aromatic rings. The second-order valence-corrected chi connectivity index (χ2v) is 7.83. The average molecular weight is 360 g/mol. The van der Waals surface area contributed by atoms with Gasteiger partial charge in [-0.15, -0.1) is 0 Å². The molecule has 0 saturated carbocycles. The number of nitrogens with one attached hydrogen (secondary N) is 2. The molecular formula is C22H24N4O. The number of hydrogen-bond donors (Lipinski definition) is 3. The van der Waals surface area contributed by atoms with Crippen molar-refractivity contribution in [1.29, 1.82) is 5.41 Å². The Kier molecular flexibility index (Phi) is 4.95. The number of aromatic nitrogens is 1. The normalized spacial score (nSPS) is 11.4. The molecule has 138 valence electrons. The molecule has 5 heteroatoms. The topological polar surface area (TPSA) is 91.9 Å². The van der Waals surface area contributed by atoms with Crippen LogP contribution >= 0.6 is 0 Å². The molecule has 0 fully saturated rings. The lowest BCUT2D eigenvalue weighted by Crippen LogP contribution is -2.35. The van der Waals surface area contributed by atoms with Gasteiger partial charge in [0.05, 0.1) is 16.8 Å². The Balaban J connectivity index is 2.19. The Labute approximate surface area is 159 Å². The molecule has 0 radical (unpaired) electrons. The molecule has 0 aliphatic heterocycles. The van der Waals surface area contributed by atoms with E-state index < -0.39 is 5.91 Å². The maximum absolute atomic E-state index is 12.6. The van der Waals surface area contributed by atoms with Gasteiger partial charge in [-0.1, -0.05) is 63.2 Å². The summed E-state index contributed by atoms with van der Waals surface area (Å²) in [6, 6.07) is 17.4. The van der Waals surface area contributed by atoms with Crippen LogP contribution in [0.3, 0.4) is 0 Å². The van der Waals surface area contributed by atoms with Gasteiger partial charge in [-0.05, 0) is 29.5 Å². The van der Waals surface area contributed by atoms with Crippen molar-refractivity contribution in [2.75, 3.05) is 0 Å². The van der Waals surface area contributed by atoms with Gasteiger partial charge in [0.2, 0.25) is 0 Å². The summed E-state index contributed by atoms with van der Waals surface area (Å²) in [4.78, 5) is 17.4.